The third-order valence-electron chi connectivity index (χ3n) is 4.92. The molecule has 0 bridgehead atoms. The molecule has 0 atom stereocenters. The SMILES string of the molecule is Cc1cc(Cl)cc2sc(N(Cc3cccnc3)C(=O)CCS(=O)(=O)c3ccccc3)nc12. The van der Waals surface area contributed by atoms with Crippen molar-refractivity contribution in [1.82, 2.24) is 9.97 Å². The van der Waals surface area contributed by atoms with Gasteiger partial charge in [0.1, 0.15) is 0 Å². The molecule has 1 amide bonds. The lowest BCUT2D eigenvalue weighted by molar-refractivity contribution is -0.118. The molecule has 0 radical (unpaired) electrons. The minimum atomic E-state index is -3.58. The summed E-state index contributed by atoms with van der Waals surface area (Å²) >= 11 is 7.54. The number of carbonyl (C=O) groups is 1. The van der Waals surface area contributed by atoms with Gasteiger partial charge in [0.05, 0.1) is 27.4 Å². The molecule has 6 nitrogen and oxygen atoms in total. The number of hydrogen-bond donors (Lipinski definition) is 0. The van der Waals surface area contributed by atoms with Crippen molar-refractivity contribution >= 4 is 54.0 Å². The zero-order chi connectivity index (χ0) is 22.7. The van der Waals surface area contributed by atoms with Crippen LogP contribution < -0.4 is 4.90 Å². The van der Waals surface area contributed by atoms with Crippen LogP contribution in [0.1, 0.15) is 17.5 Å². The van der Waals surface area contributed by atoms with E-state index in [1.54, 1.807) is 36.7 Å². The van der Waals surface area contributed by atoms with E-state index in [1.165, 1.54) is 28.4 Å². The third-order valence-corrected chi connectivity index (χ3v) is 7.90. The van der Waals surface area contributed by atoms with Crippen LogP contribution in [0, 0.1) is 6.92 Å². The fraction of sp³-hybridized carbons (Fsp3) is 0.174. The Bertz CT molecular complexity index is 1360. The molecule has 2 aromatic heterocycles. The number of rotatable bonds is 7. The van der Waals surface area contributed by atoms with Gasteiger partial charge in [0.2, 0.25) is 5.91 Å². The first kappa shape index (κ1) is 22.4. The first-order valence-electron chi connectivity index (χ1n) is 9.87. The van der Waals surface area contributed by atoms with Crippen molar-refractivity contribution in [2.45, 2.75) is 24.8 Å². The summed E-state index contributed by atoms with van der Waals surface area (Å²) in [5.74, 6) is -0.606. The number of fused-ring (bicyclic) bond motifs is 1. The van der Waals surface area contributed by atoms with Gasteiger partial charge in [0.25, 0.3) is 0 Å². The van der Waals surface area contributed by atoms with E-state index in [2.05, 4.69) is 9.97 Å². The fourth-order valence-electron chi connectivity index (χ4n) is 3.30. The number of carbonyl (C=O) groups excluding carboxylic acids is 1. The number of anilines is 1. The van der Waals surface area contributed by atoms with Crippen LogP contribution in [0.4, 0.5) is 5.13 Å². The van der Waals surface area contributed by atoms with E-state index >= 15 is 0 Å². The number of nitrogens with zero attached hydrogens (tertiary/aromatic N) is 3. The number of amides is 1. The lowest BCUT2D eigenvalue weighted by atomic mass is 10.2. The van der Waals surface area contributed by atoms with E-state index < -0.39 is 9.84 Å². The van der Waals surface area contributed by atoms with Crippen LogP contribution in [0.5, 0.6) is 0 Å². The summed E-state index contributed by atoms with van der Waals surface area (Å²) < 4.78 is 26.2. The minimum Gasteiger partial charge on any atom is -0.284 e. The Morgan fingerprint density at radius 1 is 1.12 bits per heavy atom. The molecule has 9 heteroatoms. The maximum Gasteiger partial charge on any atom is 0.230 e. The Labute approximate surface area is 195 Å². The number of aromatic nitrogens is 2. The minimum absolute atomic E-state index is 0.160. The van der Waals surface area contributed by atoms with Gasteiger partial charge in [0.15, 0.2) is 15.0 Å². The molecule has 0 aliphatic heterocycles. The number of halogens is 1. The van der Waals surface area contributed by atoms with Crippen molar-refractivity contribution in [3.63, 3.8) is 0 Å². The molecule has 0 N–H and O–H groups in total. The van der Waals surface area contributed by atoms with Crippen molar-refractivity contribution in [1.29, 1.82) is 0 Å². The van der Waals surface area contributed by atoms with E-state index in [1.807, 2.05) is 25.1 Å². The summed E-state index contributed by atoms with van der Waals surface area (Å²) in [6.45, 7) is 2.15. The van der Waals surface area contributed by atoms with Gasteiger partial charge >= 0.3 is 0 Å². The van der Waals surface area contributed by atoms with Gasteiger partial charge in [-0.05, 0) is 48.4 Å². The molecule has 32 heavy (non-hydrogen) atoms. The first-order chi connectivity index (χ1) is 15.3. The Balaban J connectivity index is 1.64. The average Bonchev–Trinajstić information content (AvgIpc) is 3.21. The summed E-state index contributed by atoms with van der Waals surface area (Å²) in [5, 5.41) is 1.10. The molecule has 0 saturated heterocycles. The number of hydrogen-bond acceptors (Lipinski definition) is 6. The molecule has 4 aromatic rings. The molecule has 0 spiro atoms. The number of thiazole rings is 1. The van der Waals surface area contributed by atoms with Gasteiger partial charge in [-0.1, -0.05) is 47.2 Å². The lowest BCUT2D eigenvalue weighted by Gasteiger charge is -2.20. The Kier molecular flexibility index (Phi) is 6.55. The molecule has 2 heterocycles. The molecule has 0 aliphatic carbocycles. The van der Waals surface area contributed by atoms with Crippen molar-refractivity contribution in [3.8, 4) is 0 Å². The molecule has 0 aliphatic rings. The molecule has 4 rings (SSSR count). The Morgan fingerprint density at radius 3 is 2.62 bits per heavy atom. The second-order valence-electron chi connectivity index (χ2n) is 7.29. The third kappa shape index (κ3) is 4.98. The largest absolute Gasteiger partial charge is 0.284 e. The maximum absolute atomic E-state index is 13.2. The number of pyridine rings is 1. The number of aryl methyl sites for hydroxylation is 1. The highest BCUT2D eigenvalue weighted by atomic mass is 35.5. The zero-order valence-electron chi connectivity index (χ0n) is 17.2. The van der Waals surface area contributed by atoms with Gasteiger partial charge in [0, 0.05) is 23.8 Å². The predicted octanol–water partition coefficient (Wildman–Crippen LogP) is 5.05. The standard InChI is InChI=1S/C23H20ClN3O3S2/c1-16-12-18(24)13-20-22(16)26-23(31-20)27(15-17-6-5-10-25-14-17)21(28)9-11-32(29,30)19-7-3-2-4-8-19/h2-8,10,12-14H,9,11,15H2,1H3. The summed E-state index contributed by atoms with van der Waals surface area (Å²) in [7, 11) is -3.58. The molecule has 0 fully saturated rings. The molecular weight excluding hydrogens is 466 g/mol. The van der Waals surface area contributed by atoms with E-state index in [0.29, 0.717) is 10.2 Å². The van der Waals surface area contributed by atoms with Crippen LogP contribution >= 0.6 is 22.9 Å². The topological polar surface area (TPSA) is 80.2 Å². The summed E-state index contributed by atoms with van der Waals surface area (Å²) in [6, 6.07) is 15.5. The van der Waals surface area contributed by atoms with E-state index in [9.17, 15) is 13.2 Å². The summed E-state index contributed by atoms with van der Waals surface area (Å²) in [5.41, 5.74) is 2.51. The smallest absolute Gasteiger partial charge is 0.230 e. The van der Waals surface area contributed by atoms with Crippen molar-refractivity contribution in [2.24, 2.45) is 0 Å². The molecule has 0 unspecified atom stereocenters. The quantitative estimate of drug-likeness (QED) is 0.366. The average molecular weight is 486 g/mol. The fourth-order valence-corrected chi connectivity index (χ4v) is 5.98. The van der Waals surface area contributed by atoms with Crippen LogP contribution in [0.2, 0.25) is 5.02 Å². The van der Waals surface area contributed by atoms with Crippen molar-refractivity contribution in [2.75, 3.05) is 10.7 Å². The second-order valence-corrected chi connectivity index (χ2v) is 10.8. The maximum atomic E-state index is 13.2. The van der Waals surface area contributed by atoms with Crippen LogP contribution in [0.15, 0.2) is 71.9 Å². The van der Waals surface area contributed by atoms with Gasteiger partial charge in [-0.3, -0.25) is 14.7 Å². The second kappa shape index (κ2) is 9.36. The Morgan fingerprint density at radius 2 is 1.91 bits per heavy atom. The van der Waals surface area contributed by atoms with Gasteiger partial charge in [-0.25, -0.2) is 13.4 Å². The van der Waals surface area contributed by atoms with Gasteiger partial charge < -0.3 is 0 Å². The van der Waals surface area contributed by atoms with Crippen molar-refractivity contribution in [3.05, 3.63) is 83.1 Å². The van der Waals surface area contributed by atoms with Crippen molar-refractivity contribution < 1.29 is 13.2 Å². The van der Waals surface area contributed by atoms with Crippen LogP contribution in [-0.2, 0) is 21.2 Å². The summed E-state index contributed by atoms with van der Waals surface area (Å²) in [4.78, 5) is 23.7. The normalized spacial score (nSPS) is 11.6. The monoisotopic (exact) mass is 485 g/mol. The highest BCUT2D eigenvalue weighted by Crippen LogP contribution is 2.34. The first-order valence-corrected chi connectivity index (χ1v) is 12.7. The number of sulfone groups is 1. The van der Waals surface area contributed by atoms with Gasteiger partial charge in [-0.15, -0.1) is 0 Å². The summed E-state index contributed by atoms with van der Waals surface area (Å²) in [6.07, 6.45) is 3.18. The molecule has 164 valence electrons. The Hall–Kier alpha value is -2.81. The predicted molar refractivity (Wildman–Crippen MR) is 128 cm³/mol. The molecule has 0 saturated carbocycles. The molecular formula is C23H20ClN3O3S2. The highest BCUT2D eigenvalue weighted by molar-refractivity contribution is 7.91. The van der Waals surface area contributed by atoms with Crippen LogP contribution in [0.3, 0.4) is 0 Å². The van der Waals surface area contributed by atoms with E-state index in [4.69, 9.17) is 11.6 Å². The zero-order valence-corrected chi connectivity index (χ0v) is 19.6. The van der Waals surface area contributed by atoms with Crippen LogP contribution in [0.25, 0.3) is 10.2 Å². The number of benzene rings is 2. The van der Waals surface area contributed by atoms with E-state index in [0.717, 1.165) is 21.3 Å². The van der Waals surface area contributed by atoms with Gasteiger partial charge in [-0.2, -0.15) is 0 Å². The van der Waals surface area contributed by atoms with Crippen LogP contribution in [-0.4, -0.2) is 30.0 Å². The molecule has 2 aromatic carbocycles. The van der Waals surface area contributed by atoms with E-state index in [-0.39, 0.29) is 29.5 Å². The highest BCUT2D eigenvalue weighted by Gasteiger charge is 2.24. The lowest BCUT2D eigenvalue weighted by Crippen LogP contribution is -2.31.